The Morgan fingerprint density at radius 3 is 2.37 bits per heavy atom. The summed E-state index contributed by atoms with van der Waals surface area (Å²) >= 11 is 0. The zero-order valence-corrected chi connectivity index (χ0v) is 36.4. The molecule has 3 atom stereocenters. The van der Waals surface area contributed by atoms with Gasteiger partial charge in [0.25, 0.3) is 0 Å². The van der Waals surface area contributed by atoms with Gasteiger partial charge < -0.3 is 45.9 Å². The lowest BCUT2D eigenvalue weighted by atomic mass is 9.85. The van der Waals surface area contributed by atoms with Gasteiger partial charge in [-0.2, -0.15) is 13.2 Å². The maximum Gasteiger partial charge on any atom is 0.416 e. The van der Waals surface area contributed by atoms with Crippen molar-refractivity contribution in [2.45, 2.75) is 82.1 Å². The van der Waals surface area contributed by atoms with Crippen LogP contribution in [0.15, 0.2) is 49.1 Å². The summed E-state index contributed by atoms with van der Waals surface area (Å²) in [4.78, 5) is 91.4. The van der Waals surface area contributed by atoms with E-state index in [2.05, 4.69) is 41.5 Å². The van der Waals surface area contributed by atoms with Crippen LogP contribution < -0.4 is 26.6 Å². The fraction of sp³-hybridized carbons (Fsp3) is 0.568. The first-order valence-electron chi connectivity index (χ1n) is 22.1. The molecule has 1 aromatic carbocycles. The van der Waals surface area contributed by atoms with Crippen LogP contribution in [0.4, 0.5) is 19.0 Å². The van der Waals surface area contributed by atoms with Gasteiger partial charge in [-0.05, 0) is 68.4 Å². The molecule has 4 heterocycles. The molecule has 0 unspecified atom stereocenters. The molecule has 2 aromatic heterocycles. The van der Waals surface area contributed by atoms with E-state index < -0.39 is 23.7 Å². The molecule has 3 fully saturated rings. The number of rotatable bonds is 22. The Morgan fingerprint density at radius 2 is 1.62 bits per heavy atom. The van der Waals surface area contributed by atoms with Crippen molar-refractivity contribution in [1.29, 1.82) is 0 Å². The summed E-state index contributed by atoms with van der Waals surface area (Å²) in [6.07, 6.45) is 3.90. The molecule has 0 spiro atoms. The Bertz CT molecular complexity index is 2130. The first-order chi connectivity index (χ1) is 31.3. The molecule has 352 valence electrons. The number of nitrogens with one attached hydrogen (secondary N) is 5. The van der Waals surface area contributed by atoms with Crippen LogP contribution in [-0.4, -0.2) is 138 Å². The van der Waals surface area contributed by atoms with Gasteiger partial charge in [0.15, 0.2) is 0 Å². The highest BCUT2D eigenvalue weighted by Gasteiger charge is 2.42. The lowest BCUT2D eigenvalue weighted by molar-refractivity contribution is -0.137. The highest BCUT2D eigenvalue weighted by Crippen LogP contribution is 2.37. The third-order valence-electron chi connectivity index (χ3n) is 12.0. The van der Waals surface area contributed by atoms with Crippen molar-refractivity contribution in [3.8, 4) is 0 Å². The number of ether oxygens (including phenoxy) is 2. The van der Waals surface area contributed by atoms with Crippen molar-refractivity contribution in [2.24, 2.45) is 11.8 Å². The number of nitrogens with zero attached hydrogens (tertiary/aromatic N) is 5. The molecule has 0 bridgehead atoms. The summed E-state index contributed by atoms with van der Waals surface area (Å²) in [5.41, 5.74) is 0.284. The minimum atomic E-state index is -4.54. The second-order valence-electron chi connectivity index (χ2n) is 16.4. The molecule has 5 N–H and O–H groups in total. The monoisotopic (exact) mass is 910 g/mol. The summed E-state index contributed by atoms with van der Waals surface area (Å²) in [6.45, 7) is 2.66. The van der Waals surface area contributed by atoms with Crippen LogP contribution in [0.3, 0.4) is 0 Å². The number of hydrogen-bond acceptors (Lipinski definition) is 12. The van der Waals surface area contributed by atoms with Crippen LogP contribution in [0.5, 0.6) is 0 Å². The van der Waals surface area contributed by atoms with E-state index >= 15 is 0 Å². The minimum Gasteiger partial charge on any atom is -0.379 e. The summed E-state index contributed by atoms with van der Waals surface area (Å²) < 4.78 is 51.0. The second kappa shape index (κ2) is 23.3. The Balaban J connectivity index is 0.743. The average molecular weight is 911 g/mol. The number of likely N-dealkylation sites (tertiary alicyclic amines) is 2. The van der Waals surface area contributed by atoms with Crippen LogP contribution in [0.25, 0.3) is 10.9 Å². The molecular weight excluding hydrogens is 854 g/mol. The smallest absolute Gasteiger partial charge is 0.379 e. The van der Waals surface area contributed by atoms with Crippen LogP contribution in [0, 0.1) is 11.8 Å². The van der Waals surface area contributed by atoms with Crippen LogP contribution in [0.2, 0.25) is 0 Å². The molecule has 2 aliphatic heterocycles. The third-order valence-corrected chi connectivity index (χ3v) is 12.0. The molecule has 3 aliphatic rings. The van der Waals surface area contributed by atoms with Gasteiger partial charge in [0.05, 0.1) is 49.5 Å². The van der Waals surface area contributed by atoms with Gasteiger partial charge >= 0.3 is 6.18 Å². The number of alkyl halides is 3. The summed E-state index contributed by atoms with van der Waals surface area (Å²) in [6, 6.07) is 5.71. The second-order valence-corrected chi connectivity index (χ2v) is 16.4. The van der Waals surface area contributed by atoms with Gasteiger partial charge in [-0.3, -0.25) is 33.8 Å². The SMILES string of the molecule is CN1C(=O)C[C@H](C(=O)NCCCC(=O)NCCOCCOCCC(=O)N[C@H]2CC[C@@H](C(=O)NCCN3CC[C@H](Nc4ncnc5ccc(C(F)(F)F)cc45)C3=O)CC2)[C@H]1c1cccnc1. The van der Waals surface area contributed by atoms with E-state index in [-0.39, 0.29) is 117 Å². The number of pyridine rings is 1. The van der Waals surface area contributed by atoms with Crippen LogP contribution in [-0.2, 0) is 44.4 Å². The number of carbonyl (C=O) groups excluding carboxylic acids is 6. The van der Waals surface area contributed by atoms with Gasteiger partial charge in [-0.15, -0.1) is 0 Å². The summed E-state index contributed by atoms with van der Waals surface area (Å²) in [5.74, 6) is -1.57. The van der Waals surface area contributed by atoms with Crippen LogP contribution in [0.1, 0.15) is 75.0 Å². The van der Waals surface area contributed by atoms with Gasteiger partial charge in [0.1, 0.15) is 18.2 Å². The Kier molecular flexibility index (Phi) is 17.4. The van der Waals surface area contributed by atoms with Gasteiger partial charge in [0.2, 0.25) is 35.4 Å². The predicted molar refractivity (Wildman–Crippen MR) is 229 cm³/mol. The van der Waals surface area contributed by atoms with E-state index in [0.29, 0.717) is 70.3 Å². The maximum absolute atomic E-state index is 13.3. The Hall–Kier alpha value is -5.96. The van der Waals surface area contributed by atoms with E-state index in [1.165, 1.54) is 12.4 Å². The van der Waals surface area contributed by atoms with Gasteiger partial charge in [-0.1, -0.05) is 6.07 Å². The van der Waals surface area contributed by atoms with Gasteiger partial charge in [0, 0.05) is 88.8 Å². The number of benzene rings is 1. The molecule has 1 aliphatic carbocycles. The largest absolute Gasteiger partial charge is 0.416 e. The normalized spacial score (nSPS) is 21.1. The highest BCUT2D eigenvalue weighted by molar-refractivity contribution is 5.93. The fourth-order valence-corrected chi connectivity index (χ4v) is 8.41. The molecule has 2 saturated heterocycles. The number of hydrogen-bond donors (Lipinski definition) is 5. The van der Waals surface area contributed by atoms with Crippen molar-refractivity contribution in [2.75, 3.05) is 71.5 Å². The summed E-state index contributed by atoms with van der Waals surface area (Å²) in [7, 11) is 1.68. The topological polar surface area (TPSA) is 226 Å². The quantitative estimate of drug-likeness (QED) is 0.0918. The third kappa shape index (κ3) is 13.8. The minimum absolute atomic E-state index is 0.0423. The van der Waals surface area contributed by atoms with Crippen molar-refractivity contribution in [1.82, 2.24) is 46.0 Å². The zero-order chi connectivity index (χ0) is 46.3. The molecular formula is C44H57F3N10O8. The van der Waals surface area contributed by atoms with Crippen LogP contribution >= 0.6 is 0 Å². The first kappa shape index (κ1) is 48.5. The lowest BCUT2D eigenvalue weighted by Gasteiger charge is -2.28. The number of anilines is 1. The molecule has 0 radical (unpaired) electrons. The van der Waals surface area contributed by atoms with E-state index in [1.807, 2.05) is 6.07 Å². The molecule has 65 heavy (non-hydrogen) atoms. The Labute approximate surface area is 374 Å². The molecule has 21 heteroatoms. The molecule has 18 nitrogen and oxygen atoms in total. The first-order valence-corrected chi connectivity index (χ1v) is 22.1. The molecule has 3 aromatic rings. The van der Waals surface area contributed by atoms with Gasteiger partial charge in [-0.25, -0.2) is 9.97 Å². The number of amides is 6. The lowest BCUT2D eigenvalue weighted by Crippen LogP contribution is -2.43. The van der Waals surface area contributed by atoms with E-state index in [0.717, 1.165) is 17.7 Å². The summed E-state index contributed by atoms with van der Waals surface area (Å²) in [5, 5.41) is 14.7. The zero-order valence-electron chi connectivity index (χ0n) is 36.4. The highest BCUT2D eigenvalue weighted by atomic mass is 19.4. The maximum atomic E-state index is 13.3. The molecule has 6 rings (SSSR count). The number of aromatic nitrogens is 3. The van der Waals surface area contributed by atoms with E-state index in [9.17, 15) is 41.9 Å². The number of halogens is 3. The number of carbonyl (C=O) groups is 6. The fourth-order valence-electron chi connectivity index (χ4n) is 8.41. The average Bonchev–Trinajstić information content (AvgIpc) is 3.80. The van der Waals surface area contributed by atoms with Crippen molar-refractivity contribution in [3.05, 3.63) is 60.2 Å². The standard InChI is InChI=1S/C44H57F3N10O8/c1-56-38(60)25-33(39(56)29-4-2-14-48-26-29)42(62)50-15-3-5-36(58)49-17-21-65-23-22-64-20-13-37(59)54-31-9-6-28(7-10-31)41(61)51-16-19-57-18-12-35(43(57)63)55-40-32-24-30(44(45,46)47)8-11-34(32)52-27-53-40/h2,4,8,11,14,24,26-28,31,33,35,39H,3,5-7,9-10,12-13,15-23,25H2,1H3,(H,49,58)(H,50,62)(H,51,61)(H,54,59)(H,52,53,55)/t28-,31+,33-,35-,39+/m0/s1. The molecule has 1 saturated carbocycles. The number of fused-ring (bicyclic) bond motifs is 1. The predicted octanol–water partition coefficient (Wildman–Crippen LogP) is 2.50. The molecule has 6 amide bonds. The van der Waals surface area contributed by atoms with Crippen molar-refractivity contribution >= 4 is 52.2 Å². The Morgan fingerprint density at radius 1 is 0.846 bits per heavy atom. The van der Waals surface area contributed by atoms with Crippen molar-refractivity contribution < 1.29 is 51.4 Å². The van der Waals surface area contributed by atoms with E-state index in [4.69, 9.17) is 9.47 Å². The van der Waals surface area contributed by atoms with Crippen molar-refractivity contribution in [3.63, 3.8) is 0 Å². The van der Waals surface area contributed by atoms with E-state index in [1.54, 1.807) is 35.3 Å².